The van der Waals surface area contributed by atoms with Crippen LogP contribution < -0.4 is 10.6 Å². The molecule has 0 heterocycles. The fraction of sp³-hybridized carbons (Fsp3) is 0.444. The monoisotopic (exact) mass is 427 g/mol. The van der Waals surface area contributed by atoms with E-state index in [1.807, 2.05) is 13.8 Å². The van der Waals surface area contributed by atoms with E-state index in [4.69, 9.17) is 5.11 Å². The van der Waals surface area contributed by atoms with E-state index < -0.39 is 29.9 Å². The summed E-state index contributed by atoms with van der Waals surface area (Å²) >= 11 is 8.04. The molecule has 0 fully saturated rings. The summed E-state index contributed by atoms with van der Waals surface area (Å²) in [6.45, 7) is 4.72. The molecule has 3 N–H and O–H groups in total. The lowest BCUT2D eigenvalue weighted by Crippen LogP contribution is -2.49. The third-order valence-electron chi connectivity index (χ3n) is 4.03. The Morgan fingerprint density at radius 1 is 0.964 bits per heavy atom. The molecule has 0 saturated carbocycles. The lowest BCUT2D eigenvalue weighted by molar-refractivity contribution is -0.138. The van der Waals surface area contributed by atoms with E-state index in [0.717, 1.165) is 0 Å². The minimum Gasteiger partial charge on any atom is -0.480 e. The molecular weight excluding hydrogens is 402 g/mol. The molecule has 0 saturated heterocycles. The number of rotatable bonds is 10. The van der Waals surface area contributed by atoms with Crippen molar-refractivity contribution in [3.63, 3.8) is 0 Å². The Labute approximate surface area is 174 Å². The van der Waals surface area contributed by atoms with Gasteiger partial charge in [0.15, 0.2) is 0 Å². The Morgan fingerprint density at radius 2 is 1.43 bits per heavy atom. The number of amides is 3. The van der Waals surface area contributed by atoms with Crippen LogP contribution in [0.15, 0.2) is 24.3 Å². The number of nitrogens with one attached hydrogen (secondary N) is 2. The highest BCUT2D eigenvalue weighted by molar-refractivity contribution is 7.80. The Balaban J connectivity index is 2.92. The zero-order valence-electron chi connectivity index (χ0n) is 15.7. The van der Waals surface area contributed by atoms with E-state index in [9.17, 15) is 19.2 Å². The lowest BCUT2D eigenvalue weighted by Gasteiger charge is -2.24. The van der Waals surface area contributed by atoms with Crippen molar-refractivity contribution in [2.24, 2.45) is 0 Å². The highest BCUT2D eigenvalue weighted by Gasteiger charge is 2.24. The van der Waals surface area contributed by atoms with Gasteiger partial charge < -0.3 is 20.6 Å². The van der Waals surface area contributed by atoms with Crippen LogP contribution in [0.5, 0.6) is 0 Å². The van der Waals surface area contributed by atoms with Gasteiger partial charge >= 0.3 is 5.97 Å². The number of aliphatic carboxylic acids is 1. The number of carbonyl (C=O) groups is 4. The van der Waals surface area contributed by atoms with E-state index >= 15 is 0 Å². The molecular formula is C18H25N3O5S2. The largest absolute Gasteiger partial charge is 0.480 e. The molecule has 10 heteroatoms. The average Bonchev–Trinajstić information content (AvgIpc) is 2.70. The molecule has 3 amide bonds. The molecule has 28 heavy (non-hydrogen) atoms. The molecule has 0 bridgehead atoms. The topological polar surface area (TPSA) is 116 Å². The SMILES string of the molecule is CCN(CC)C(=O)C(CS)NC(=O)c1cccc(C(=O)NC(CS)C(=O)O)c1. The number of hydrogen-bond donors (Lipinski definition) is 5. The van der Waals surface area contributed by atoms with Crippen molar-refractivity contribution in [3.8, 4) is 0 Å². The van der Waals surface area contributed by atoms with Gasteiger partial charge in [-0.2, -0.15) is 25.3 Å². The summed E-state index contributed by atoms with van der Waals surface area (Å²) in [6.07, 6.45) is 0. The normalized spacial score (nSPS) is 12.6. The molecule has 2 unspecified atom stereocenters. The maximum absolute atomic E-state index is 12.5. The van der Waals surface area contributed by atoms with Crippen LogP contribution in [-0.4, -0.2) is 70.4 Å². The number of carboxylic acid groups (broad SMARTS) is 1. The average molecular weight is 428 g/mol. The number of thiol groups is 2. The summed E-state index contributed by atoms with van der Waals surface area (Å²) in [5, 5.41) is 14.0. The predicted molar refractivity (Wildman–Crippen MR) is 112 cm³/mol. The van der Waals surface area contributed by atoms with Gasteiger partial charge in [-0.3, -0.25) is 14.4 Å². The van der Waals surface area contributed by atoms with Gasteiger partial charge in [0.2, 0.25) is 5.91 Å². The molecule has 154 valence electrons. The molecule has 1 aromatic carbocycles. The van der Waals surface area contributed by atoms with Crippen LogP contribution in [0.4, 0.5) is 0 Å². The lowest BCUT2D eigenvalue weighted by atomic mass is 10.1. The van der Waals surface area contributed by atoms with Crippen LogP contribution >= 0.6 is 25.3 Å². The van der Waals surface area contributed by atoms with Crippen molar-refractivity contribution in [2.45, 2.75) is 25.9 Å². The third kappa shape index (κ3) is 6.45. The smallest absolute Gasteiger partial charge is 0.327 e. The van der Waals surface area contributed by atoms with Gasteiger partial charge in [-0.15, -0.1) is 0 Å². The Hall–Kier alpha value is -2.20. The highest BCUT2D eigenvalue weighted by Crippen LogP contribution is 2.08. The highest BCUT2D eigenvalue weighted by atomic mass is 32.1. The van der Waals surface area contributed by atoms with E-state index in [-0.39, 0.29) is 28.5 Å². The molecule has 0 radical (unpaired) electrons. The molecule has 2 atom stereocenters. The minimum absolute atomic E-state index is 0.0711. The first kappa shape index (κ1) is 23.8. The van der Waals surface area contributed by atoms with Crippen molar-refractivity contribution >= 4 is 48.9 Å². The zero-order valence-corrected chi connectivity index (χ0v) is 17.5. The van der Waals surface area contributed by atoms with E-state index in [0.29, 0.717) is 13.1 Å². The number of nitrogens with zero attached hydrogens (tertiary/aromatic N) is 1. The quantitative estimate of drug-likeness (QED) is 0.353. The molecule has 0 aliphatic carbocycles. The second-order valence-corrected chi connectivity index (χ2v) is 6.58. The Bertz CT molecular complexity index is 725. The van der Waals surface area contributed by atoms with Gasteiger partial charge in [-0.25, -0.2) is 4.79 Å². The van der Waals surface area contributed by atoms with Crippen LogP contribution in [0, 0.1) is 0 Å². The second kappa shape index (κ2) is 11.6. The Kier molecular flexibility index (Phi) is 9.88. The fourth-order valence-corrected chi connectivity index (χ4v) is 2.91. The third-order valence-corrected chi connectivity index (χ3v) is 4.76. The van der Waals surface area contributed by atoms with Crippen molar-refractivity contribution in [1.82, 2.24) is 15.5 Å². The first-order valence-electron chi connectivity index (χ1n) is 8.74. The Morgan fingerprint density at radius 3 is 1.82 bits per heavy atom. The van der Waals surface area contributed by atoms with Gasteiger partial charge in [-0.1, -0.05) is 6.07 Å². The fourth-order valence-electron chi connectivity index (χ4n) is 2.41. The number of benzene rings is 1. The number of carbonyl (C=O) groups excluding carboxylic acids is 3. The first-order valence-corrected chi connectivity index (χ1v) is 10.0. The van der Waals surface area contributed by atoms with Crippen molar-refractivity contribution in [1.29, 1.82) is 0 Å². The summed E-state index contributed by atoms with van der Waals surface area (Å²) in [7, 11) is 0. The van der Waals surface area contributed by atoms with E-state index in [1.165, 1.54) is 24.3 Å². The minimum atomic E-state index is -1.20. The molecule has 0 aliphatic rings. The summed E-state index contributed by atoms with van der Waals surface area (Å²) < 4.78 is 0. The number of carboxylic acids is 1. The van der Waals surface area contributed by atoms with Crippen LogP contribution in [0.2, 0.25) is 0 Å². The van der Waals surface area contributed by atoms with Crippen molar-refractivity contribution in [2.75, 3.05) is 24.6 Å². The summed E-state index contributed by atoms with van der Waals surface area (Å²) in [6, 6.07) is 3.85. The summed E-state index contributed by atoms with van der Waals surface area (Å²) in [5.41, 5.74) is 0.294. The van der Waals surface area contributed by atoms with Crippen LogP contribution in [0.1, 0.15) is 34.6 Å². The van der Waals surface area contributed by atoms with Crippen molar-refractivity contribution in [3.05, 3.63) is 35.4 Å². The predicted octanol–water partition coefficient (Wildman–Crippen LogP) is 0.696. The van der Waals surface area contributed by atoms with Gasteiger partial charge in [-0.05, 0) is 32.0 Å². The number of hydrogen-bond acceptors (Lipinski definition) is 6. The number of likely N-dealkylation sites (N-methyl/N-ethyl adjacent to an activating group) is 1. The van der Waals surface area contributed by atoms with Crippen LogP contribution in [-0.2, 0) is 9.59 Å². The van der Waals surface area contributed by atoms with Gasteiger partial charge in [0.25, 0.3) is 11.8 Å². The van der Waals surface area contributed by atoms with Crippen molar-refractivity contribution < 1.29 is 24.3 Å². The van der Waals surface area contributed by atoms with Crippen LogP contribution in [0.3, 0.4) is 0 Å². The molecule has 0 aromatic heterocycles. The molecule has 1 rings (SSSR count). The van der Waals surface area contributed by atoms with Gasteiger partial charge in [0.1, 0.15) is 12.1 Å². The second-order valence-electron chi connectivity index (χ2n) is 5.85. The maximum Gasteiger partial charge on any atom is 0.327 e. The van der Waals surface area contributed by atoms with E-state index in [1.54, 1.807) is 4.90 Å². The first-order chi connectivity index (χ1) is 13.3. The molecule has 8 nitrogen and oxygen atoms in total. The van der Waals surface area contributed by atoms with Gasteiger partial charge in [0.05, 0.1) is 0 Å². The maximum atomic E-state index is 12.5. The molecule has 0 spiro atoms. The summed E-state index contributed by atoms with van der Waals surface area (Å²) in [5.74, 6) is -2.55. The van der Waals surface area contributed by atoms with E-state index in [2.05, 4.69) is 35.9 Å². The van der Waals surface area contributed by atoms with Gasteiger partial charge in [0, 0.05) is 35.7 Å². The molecule has 1 aromatic rings. The standard InChI is InChI=1S/C18H25N3O5S2/c1-3-21(4-2)17(24)13(9-27)19-15(22)11-6-5-7-12(8-11)16(23)20-14(10-28)18(25)26/h5-8,13-14,27-28H,3-4,9-10H2,1-2H3,(H,19,22)(H,20,23)(H,25,26). The molecule has 0 aliphatic heterocycles. The summed E-state index contributed by atoms with van der Waals surface area (Å²) in [4.78, 5) is 49.8. The van der Waals surface area contributed by atoms with Crippen LogP contribution in [0.25, 0.3) is 0 Å². The zero-order chi connectivity index (χ0) is 21.3.